The van der Waals surface area contributed by atoms with Crippen LogP contribution in [0.15, 0.2) is 35.3 Å². The molecular formula is C17H18N4O4. The molecule has 0 unspecified atom stereocenters. The highest BCUT2D eigenvalue weighted by atomic mass is 16.4. The van der Waals surface area contributed by atoms with Crippen molar-refractivity contribution in [3.63, 3.8) is 0 Å². The van der Waals surface area contributed by atoms with Gasteiger partial charge < -0.3 is 15.4 Å². The van der Waals surface area contributed by atoms with Crippen molar-refractivity contribution in [1.82, 2.24) is 19.9 Å². The van der Waals surface area contributed by atoms with Gasteiger partial charge in [-0.1, -0.05) is 12.1 Å². The lowest BCUT2D eigenvalue weighted by molar-refractivity contribution is -0.147. The van der Waals surface area contributed by atoms with Crippen LogP contribution < -0.4 is 10.9 Å². The molecule has 3 aromatic rings. The van der Waals surface area contributed by atoms with Crippen LogP contribution in [0.4, 0.5) is 0 Å². The lowest BCUT2D eigenvalue weighted by atomic mass is 9.90. The van der Waals surface area contributed by atoms with E-state index >= 15 is 0 Å². The number of aromatic amines is 1. The summed E-state index contributed by atoms with van der Waals surface area (Å²) < 4.78 is 1.51. The molecule has 2 heterocycles. The van der Waals surface area contributed by atoms with Crippen LogP contribution in [0.5, 0.6) is 0 Å². The summed E-state index contributed by atoms with van der Waals surface area (Å²) in [5, 5.41) is 16.4. The maximum atomic E-state index is 12.4. The Balaban J connectivity index is 1.88. The van der Waals surface area contributed by atoms with Gasteiger partial charge in [0, 0.05) is 6.54 Å². The number of aliphatic carboxylic acids is 1. The van der Waals surface area contributed by atoms with Gasteiger partial charge in [-0.05, 0) is 32.4 Å². The monoisotopic (exact) mass is 342 g/mol. The zero-order valence-corrected chi connectivity index (χ0v) is 13.9. The average molecular weight is 342 g/mol. The van der Waals surface area contributed by atoms with Crippen LogP contribution in [0.3, 0.4) is 0 Å². The van der Waals surface area contributed by atoms with E-state index in [1.165, 1.54) is 10.7 Å². The second-order valence-electron chi connectivity index (χ2n) is 6.48. The number of carboxylic acid groups (broad SMARTS) is 1. The quantitative estimate of drug-likeness (QED) is 0.648. The Morgan fingerprint density at radius 1 is 1.32 bits per heavy atom. The van der Waals surface area contributed by atoms with E-state index in [2.05, 4.69) is 15.4 Å². The summed E-state index contributed by atoms with van der Waals surface area (Å²) in [4.78, 5) is 38.4. The zero-order valence-electron chi connectivity index (χ0n) is 13.9. The third kappa shape index (κ3) is 2.98. The molecule has 1 amide bonds. The molecule has 0 atom stereocenters. The second kappa shape index (κ2) is 6.04. The smallest absolute Gasteiger partial charge is 0.309 e. The number of rotatable bonds is 5. The molecule has 2 aromatic heterocycles. The van der Waals surface area contributed by atoms with Gasteiger partial charge in [-0.3, -0.25) is 14.4 Å². The molecule has 1 aromatic carbocycles. The standard InChI is InChI=1S/C17H18N4O4/c1-17(2,16(24)25)7-8-18-14(22)11-9-19-21-12-6-4-3-5-10(12)15(23)20-13(11)21/h3-6,9H,7-8H2,1-2H3,(H,18,22)(H,20,23)(H,24,25). The predicted octanol–water partition coefficient (Wildman–Crippen LogP) is 1.41. The van der Waals surface area contributed by atoms with Crippen molar-refractivity contribution in [2.75, 3.05) is 6.54 Å². The maximum Gasteiger partial charge on any atom is 0.309 e. The minimum atomic E-state index is -0.932. The molecule has 0 aliphatic heterocycles. The van der Waals surface area contributed by atoms with E-state index in [0.717, 1.165) is 0 Å². The van der Waals surface area contributed by atoms with Crippen LogP contribution in [-0.2, 0) is 4.79 Å². The third-order valence-electron chi connectivity index (χ3n) is 4.24. The number of aromatic nitrogens is 3. The Kier molecular flexibility index (Phi) is 4.03. The minimum Gasteiger partial charge on any atom is -0.481 e. The number of amides is 1. The van der Waals surface area contributed by atoms with Gasteiger partial charge in [0.05, 0.1) is 22.5 Å². The number of para-hydroxylation sites is 1. The van der Waals surface area contributed by atoms with E-state index in [1.807, 2.05) is 0 Å². The Morgan fingerprint density at radius 2 is 2.04 bits per heavy atom. The minimum absolute atomic E-state index is 0.202. The van der Waals surface area contributed by atoms with Crippen LogP contribution in [0.25, 0.3) is 16.6 Å². The zero-order chi connectivity index (χ0) is 18.2. The molecule has 0 spiro atoms. The maximum absolute atomic E-state index is 12.4. The highest BCUT2D eigenvalue weighted by molar-refractivity contribution is 6.00. The SMILES string of the molecule is CC(C)(CCNC(=O)c1cnn2c1[nH]c(=O)c1ccccc12)C(=O)O. The van der Waals surface area contributed by atoms with E-state index in [-0.39, 0.29) is 24.1 Å². The number of H-pyrrole nitrogens is 1. The number of carbonyl (C=O) groups excluding carboxylic acids is 1. The highest BCUT2D eigenvalue weighted by Gasteiger charge is 2.27. The number of hydrogen-bond acceptors (Lipinski definition) is 4. The number of benzene rings is 1. The number of carbonyl (C=O) groups is 2. The number of hydrogen-bond donors (Lipinski definition) is 3. The van der Waals surface area contributed by atoms with E-state index in [4.69, 9.17) is 5.11 Å². The molecule has 0 radical (unpaired) electrons. The first-order valence-electron chi connectivity index (χ1n) is 7.81. The first kappa shape index (κ1) is 16.7. The summed E-state index contributed by atoms with van der Waals surface area (Å²) in [7, 11) is 0. The normalized spacial score (nSPS) is 11.8. The topological polar surface area (TPSA) is 117 Å². The largest absolute Gasteiger partial charge is 0.481 e. The third-order valence-corrected chi connectivity index (χ3v) is 4.24. The van der Waals surface area contributed by atoms with E-state index in [9.17, 15) is 14.4 Å². The molecule has 8 nitrogen and oxygen atoms in total. The van der Waals surface area contributed by atoms with Crippen molar-refractivity contribution < 1.29 is 14.7 Å². The fourth-order valence-corrected chi connectivity index (χ4v) is 2.53. The number of carboxylic acids is 1. The van der Waals surface area contributed by atoms with Crippen molar-refractivity contribution in [1.29, 1.82) is 0 Å². The van der Waals surface area contributed by atoms with Crippen LogP contribution in [0.1, 0.15) is 30.6 Å². The van der Waals surface area contributed by atoms with E-state index in [0.29, 0.717) is 16.6 Å². The van der Waals surface area contributed by atoms with Crippen molar-refractivity contribution >= 4 is 28.4 Å². The van der Waals surface area contributed by atoms with E-state index in [1.54, 1.807) is 38.1 Å². The summed E-state index contributed by atoms with van der Waals surface area (Å²) >= 11 is 0. The van der Waals surface area contributed by atoms with Gasteiger partial charge in [-0.15, -0.1) is 0 Å². The fourth-order valence-electron chi connectivity index (χ4n) is 2.53. The van der Waals surface area contributed by atoms with Gasteiger partial charge in [0.2, 0.25) is 0 Å². The Bertz CT molecular complexity index is 1030. The van der Waals surface area contributed by atoms with Crippen molar-refractivity contribution in [3.05, 3.63) is 46.4 Å². The first-order valence-corrected chi connectivity index (χ1v) is 7.81. The molecule has 0 bridgehead atoms. The van der Waals surface area contributed by atoms with Crippen LogP contribution in [-0.4, -0.2) is 38.1 Å². The lowest BCUT2D eigenvalue weighted by Gasteiger charge is -2.18. The number of nitrogens with one attached hydrogen (secondary N) is 2. The fraction of sp³-hybridized carbons (Fsp3) is 0.294. The molecule has 0 aliphatic carbocycles. The average Bonchev–Trinajstić information content (AvgIpc) is 2.98. The summed E-state index contributed by atoms with van der Waals surface area (Å²) in [6, 6.07) is 6.98. The summed E-state index contributed by atoms with van der Waals surface area (Å²) in [6.07, 6.45) is 1.67. The van der Waals surface area contributed by atoms with Gasteiger partial charge in [-0.2, -0.15) is 5.10 Å². The molecule has 0 saturated heterocycles. The molecule has 3 rings (SSSR count). The van der Waals surface area contributed by atoms with Gasteiger partial charge >= 0.3 is 5.97 Å². The van der Waals surface area contributed by atoms with Crippen LogP contribution in [0, 0.1) is 5.41 Å². The number of nitrogens with zero attached hydrogens (tertiary/aromatic N) is 2. The van der Waals surface area contributed by atoms with Crippen molar-refractivity contribution in [2.24, 2.45) is 5.41 Å². The molecule has 25 heavy (non-hydrogen) atoms. The van der Waals surface area contributed by atoms with E-state index < -0.39 is 17.3 Å². The molecule has 8 heteroatoms. The van der Waals surface area contributed by atoms with Crippen LogP contribution >= 0.6 is 0 Å². The molecule has 130 valence electrons. The molecule has 0 saturated carbocycles. The van der Waals surface area contributed by atoms with Gasteiger partial charge in [-0.25, -0.2) is 4.52 Å². The summed E-state index contributed by atoms with van der Waals surface area (Å²) in [5.41, 5.74) is -0.0922. The Labute approximate surface area is 142 Å². The summed E-state index contributed by atoms with van der Waals surface area (Å²) in [5.74, 6) is -1.34. The van der Waals surface area contributed by atoms with Gasteiger partial charge in [0.15, 0.2) is 0 Å². The molecule has 0 aliphatic rings. The predicted molar refractivity (Wildman–Crippen MR) is 91.7 cm³/mol. The Morgan fingerprint density at radius 3 is 2.76 bits per heavy atom. The molecule has 3 N–H and O–H groups in total. The van der Waals surface area contributed by atoms with Gasteiger partial charge in [0.25, 0.3) is 11.5 Å². The summed E-state index contributed by atoms with van der Waals surface area (Å²) in [6.45, 7) is 3.40. The van der Waals surface area contributed by atoms with Crippen molar-refractivity contribution in [2.45, 2.75) is 20.3 Å². The van der Waals surface area contributed by atoms with Crippen molar-refractivity contribution in [3.8, 4) is 0 Å². The Hall–Kier alpha value is -3.16. The first-order chi connectivity index (χ1) is 11.8. The lowest BCUT2D eigenvalue weighted by Crippen LogP contribution is -2.32. The molecular weight excluding hydrogens is 324 g/mol. The van der Waals surface area contributed by atoms with Gasteiger partial charge in [0.1, 0.15) is 11.2 Å². The van der Waals surface area contributed by atoms with Crippen LogP contribution in [0.2, 0.25) is 0 Å². The highest BCUT2D eigenvalue weighted by Crippen LogP contribution is 2.19. The second-order valence-corrected chi connectivity index (χ2v) is 6.48. The molecule has 0 fully saturated rings. The number of fused-ring (bicyclic) bond motifs is 3.